The van der Waals surface area contributed by atoms with Crippen molar-refractivity contribution in [1.82, 2.24) is 15.3 Å². The van der Waals surface area contributed by atoms with Crippen LogP contribution in [0.4, 0.5) is 19.0 Å². The summed E-state index contributed by atoms with van der Waals surface area (Å²) >= 11 is 6.50. The number of nitrogens with zero attached hydrogens (tertiary/aromatic N) is 3. The van der Waals surface area contributed by atoms with Crippen molar-refractivity contribution in [2.45, 2.75) is 69.7 Å². The predicted octanol–water partition coefficient (Wildman–Crippen LogP) is 5.53. The van der Waals surface area contributed by atoms with Gasteiger partial charge in [-0.1, -0.05) is 17.7 Å². The molecule has 1 saturated carbocycles. The van der Waals surface area contributed by atoms with Crippen molar-refractivity contribution in [3.8, 4) is 17.3 Å². The van der Waals surface area contributed by atoms with Gasteiger partial charge in [0.25, 0.3) is 0 Å². The number of hydrogen-bond donors (Lipinski definition) is 3. The van der Waals surface area contributed by atoms with Gasteiger partial charge in [-0.25, -0.2) is 4.98 Å². The van der Waals surface area contributed by atoms with Gasteiger partial charge < -0.3 is 20.5 Å². The molecule has 1 saturated heterocycles. The zero-order valence-electron chi connectivity index (χ0n) is 22.0. The van der Waals surface area contributed by atoms with E-state index >= 15 is 0 Å². The number of halogens is 4. The molecule has 0 amide bonds. The number of aliphatic hydroxyl groups is 1. The molecule has 0 spiro atoms. The van der Waals surface area contributed by atoms with Crippen LogP contribution in [0.25, 0.3) is 11.3 Å². The summed E-state index contributed by atoms with van der Waals surface area (Å²) in [5.74, 6) is 1.02. The first-order chi connectivity index (χ1) is 18.5. The summed E-state index contributed by atoms with van der Waals surface area (Å²) < 4.78 is 44.1. The zero-order chi connectivity index (χ0) is 28.1. The van der Waals surface area contributed by atoms with E-state index in [0.717, 1.165) is 50.3 Å². The monoisotopic (exact) mass is 565 g/mol. The lowest BCUT2D eigenvalue weighted by Gasteiger charge is -2.33. The number of aromatic nitrogens is 2. The molecule has 0 bridgehead atoms. The summed E-state index contributed by atoms with van der Waals surface area (Å²) in [6, 6.07) is 10.0. The largest absolute Gasteiger partial charge is 0.418 e. The van der Waals surface area contributed by atoms with Crippen molar-refractivity contribution in [2.24, 2.45) is 11.3 Å². The smallest absolute Gasteiger partial charge is 0.381 e. The van der Waals surface area contributed by atoms with Crippen molar-refractivity contribution >= 4 is 17.4 Å². The van der Waals surface area contributed by atoms with Crippen LogP contribution >= 0.6 is 11.6 Å². The number of rotatable bonds is 9. The van der Waals surface area contributed by atoms with Gasteiger partial charge in [-0.3, -0.25) is 4.98 Å². The van der Waals surface area contributed by atoms with Gasteiger partial charge in [0.15, 0.2) is 5.60 Å². The quantitative estimate of drug-likeness (QED) is 0.367. The molecule has 0 aromatic carbocycles. The number of nitriles is 1. The first kappa shape index (κ1) is 29.5. The summed E-state index contributed by atoms with van der Waals surface area (Å²) in [6.45, 7) is 1.93. The van der Waals surface area contributed by atoms with Crippen LogP contribution in [0.2, 0.25) is 5.02 Å². The van der Waals surface area contributed by atoms with E-state index in [1.165, 1.54) is 0 Å². The van der Waals surface area contributed by atoms with E-state index in [2.05, 4.69) is 21.7 Å². The maximum absolute atomic E-state index is 12.9. The lowest BCUT2D eigenvalue weighted by atomic mass is 9.82. The number of hydrogen-bond acceptors (Lipinski definition) is 7. The van der Waals surface area contributed by atoms with Crippen molar-refractivity contribution < 1.29 is 23.0 Å². The molecule has 2 aliphatic rings. The van der Waals surface area contributed by atoms with Crippen LogP contribution in [-0.4, -0.2) is 59.2 Å². The minimum Gasteiger partial charge on any atom is -0.381 e. The van der Waals surface area contributed by atoms with Crippen LogP contribution < -0.4 is 10.6 Å². The Bertz CT molecular complexity index is 1160. The standard InChI is InChI=1S/C28H35ClF3N5O2/c1-26(38,28(30,31)32)17-35-20-7-5-19(6-8-20)13-21-14-22(23(29)15-34-21)24-3-2-4-25(37-24)36-18-27(16-33)9-11-39-12-10-27/h2-4,14-15,19-20,35,38H,5-13,17-18H2,1H3,(H,36,37)/t19?,20?,26-/m0/s1. The first-order valence-corrected chi connectivity index (χ1v) is 13.8. The molecule has 0 unspecified atom stereocenters. The molecule has 2 aromatic heterocycles. The summed E-state index contributed by atoms with van der Waals surface area (Å²) in [7, 11) is 0. The van der Waals surface area contributed by atoms with Gasteiger partial charge in [0.2, 0.25) is 0 Å². The second kappa shape index (κ2) is 12.4. The molecule has 2 fully saturated rings. The lowest BCUT2D eigenvalue weighted by Crippen LogP contribution is -2.52. The fourth-order valence-corrected chi connectivity index (χ4v) is 5.33. The minimum atomic E-state index is -4.66. The molecule has 1 aliphatic heterocycles. The molecule has 0 radical (unpaired) electrons. The topological polar surface area (TPSA) is 103 Å². The maximum Gasteiger partial charge on any atom is 0.418 e. The summed E-state index contributed by atoms with van der Waals surface area (Å²) in [6.07, 6.45) is 2.27. The molecule has 2 aromatic rings. The number of alkyl halides is 3. The van der Waals surface area contributed by atoms with Crippen molar-refractivity contribution in [1.29, 1.82) is 5.26 Å². The highest BCUT2D eigenvalue weighted by molar-refractivity contribution is 6.33. The van der Waals surface area contributed by atoms with E-state index in [9.17, 15) is 23.5 Å². The Balaban J connectivity index is 1.34. The van der Waals surface area contributed by atoms with E-state index in [-0.39, 0.29) is 6.04 Å². The Morgan fingerprint density at radius 1 is 1.21 bits per heavy atom. The van der Waals surface area contributed by atoms with Crippen LogP contribution in [0, 0.1) is 22.7 Å². The summed E-state index contributed by atoms with van der Waals surface area (Å²) in [5.41, 5.74) is -0.845. The highest BCUT2D eigenvalue weighted by atomic mass is 35.5. The van der Waals surface area contributed by atoms with E-state index in [1.54, 1.807) is 6.20 Å². The molecule has 3 N–H and O–H groups in total. The van der Waals surface area contributed by atoms with E-state index in [1.807, 2.05) is 24.3 Å². The third kappa shape index (κ3) is 7.60. The van der Waals surface area contributed by atoms with Crippen molar-refractivity contribution in [3.63, 3.8) is 0 Å². The third-order valence-electron chi connectivity index (χ3n) is 7.92. The normalized spacial score (nSPS) is 23.0. The second-order valence-electron chi connectivity index (χ2n) is 11.0. The molecule has 3 heterocycles. The van der Waals surface area contributed by atoms with Crippen LogP contribution in [0.3, 0.4) is 0 Å². The molecule has 4 rings (SSSR count). The molecule has 39 heavy (non-hydrogen) atoms. The SMILES string of the molecule is C[C@](O)(CNC1CCC(Cc2cc(-c3cccc(NCC4(C#N)CCOCC4)n3)c(Cl)cn2)CC1)C(F)(F)F. The number of pyridine rings is 2. The second-order valence-corrected chi connectivity index (χ2v) is 11.4. The summed E-state index contributed by atoms with van der Waals surface area (Å²) in [5, 5.41) is 26.1. The van der Waals surface area contributed by atoms with Gasteiger partial charge in [0, 0.05) is 49.8 Å². The van der Waals surface area contributed by atoms with Crippen LogP contribution in [0.5, 0.6) is 0 Å². The zero-order valence-corrected chi connectivity index (χ0v) is 22.8. The van der Waals surface area contributed by atoms with Crippen LogP contribution in [-0.2, 0) is 11.2 Å². The molecule has 1 atom stereocenters. The van der Waals surface area contributed by atoms with Crippen molar-refractivity contribution in [3.05, 3.63) is 41.2 Å². The Morgan fingerprint density at radius 3 is 2.59 bits per heavy atom. The van der Waals surface area contributed by atoms with Crippen molar-refractivity contribution in [2.75, 3.05) is 31.6 Å². The average Bonchev–Trinajstić information content (AvgIpc) is 2.93. The van der Waals surface area contributed by atoms with E-state index in [4.69, 9.17) is 21.3 Å². The Morgan fingerprint density at radius 2 is 1.92 bits per heavy atom. The Kier molecular flexibility index (Phi) is 9.37. The number of nitrogens with one attached hydrogen (secondary N) is 2. The molecule has 1 aliphatic carbocycles. The van der Waals surface area contributed by atoms with Gasteiger partial charge in [-0.2, -0.15) is 18.4 Å². The fourth-order valence-electron chi connectivity index (χ4n) is 5.13. The molecular weight excluding hydrogens is 531 g/mol. The molecule has 11 heteroatoms. The van der Waals surface area contributed by atoms with Crippen LogP contribution in [0.15, 0.2) is 30.5 Å². The third-order valence-corrected chi connectivity index (χ3v) is 8.22. The summed E-state index contributed by atoms with van der Waals surface area (Å²) in [4.78, 5) is 9.25. The van der Waals surface area contributed by atoms with Gasteiger partial charge in [0.05, 0.1) is 22.2 Å². The molecular formula is C28H35ClF3N5O2. The van der Waals surface area contributed by atoms with Gasteiger partial charge in [-0.05, 0) is 76.0 Å². The fraction of sp³-hybridized carbons (Fsp3) is 0.607. The van der Waals surface area contributed by atoms with Gasteiger partial charge >= 0.3 is 6.18 Å². The molecule has 7 nitrogen and oxygen atoms in total. The first-order valence-electron chi connectivity index (χ1n) is 13.4. The van der Waals surface area contributed by atoms with Gasteiger partial charge in [-0.15, -0.1) is 0 Å². The molecule has 212 valence electrons. The maximum atomic E-state index is 12.9. The van der Waals surface area contributed by atoms with Gasteiger partial charge in [0.1, 0.15) is 5.82 Å². The highest BCUT2D eigenvalue weighted by Crippen LogP contribution is 2.34. The lowest BCUT2D eigenvalue weighted by molar-refractivity contribution is -0.250. The van der Waals surface area contributed by atoms with Crippen LogP contribution in [0.1, 0.15) is 51.1 Å². The van der Waals surface area contributed by atoms with E-state index < -0.39 is 23.7 Å². The number of ether oxygens (including phenoxy) is 1. The Hall–Kier alpha value is -2.45. The number of anilines is 1. The highest BCUT2D eigenvalue weighted by Gasteiger charge is 2.49. The average molecular weight is 566 g/mol. The predicted molar refractivity (Wildman–Crippen MR) is 143 cm³/mol. The minimum absolute atomic E-state index is 0.0513. The Labute approximate surface area is 232 Å². The van der Waals surface area contributed by atoms with E-state index in [0.29, 0.717) is 55.1 Å².